The van der Waals surface area contributed by atoms with Gasteiger partial charge in [0.15, 0.2) is 0 Å². The third kappa shape index (κ3) is 3.87. The fourth-order valence-electron chi connectivity index (χ4n) is 3.38. The standard InChI is InChI=1S/C18H25F3N4O/c1-4-22-8-11-7-14(11)15(26)24-17(2,3)16-23-9-13-6-5-12(10-25(13)16)18(19,20)21/h5-6,9-11,14-15,22,24,26H,4,7-8H2,1-3H3/t11-,14+,15?/m1/s1. The minimum atomic E-state index is -4.42. The number of nitrogens with one attached hydrogen (secondary N) is 2. The molecule has 5 nitrogen and oxygen atoms in total. The summed E-state index contributed by atoms with van der Waals surface area (Å²) in [6.07, 6.45) is -1.63. The van der Waals surface area contributed by atoms with Crippen molar-refractivity contribution in [3.63, 3.8) is 0 Å². The van der Waals surface area contributed by atoms with Gasteiger partial charge in [-0.15, -0.1) is 0 Å². The van der Waals surface area contributed by atoms with Crippen LogP contribution in [0, 0.1) is 11.8 Å². The number of nitrogens with zero attached hydrogens (tertiary/aromatic N) is 2. The number of aliphatic hydroxyl groups is 1. The van der Waals surface area contributed by atoms with Crippen molar-refractivity contribution in [3.05, 3.63) is 35.9 Å². The molecule has 0 saturated heterocycles. The Hall–Kier alpha value is -1.64. The predicted octanol–water partition coefficient (Wildman–Crippen LogP) is 2.74. The van der Waals surface area contributed by atoms with Gasteiger partial charge in [0.05, 0.1) is 22.8 Å². The van der Waals surface area contributed by atoms with Crippen LogP contribution in [0.3, 0.4) is 0 Å². The molecule has 0 aliphatic heterocycles. The summed E-state index contributed by atoms with van der Waals surface area (Å²) in [6.45, 7) is 7.41. The van der Waals surface area contributed by atoms with Crippen LogP contribution in [0.2, 0.25) is 0 Å². The highest BCUT2D eigenvalue weighted by atomic mass is 19.4. The van der Waals surface area contributed by atoms with Crippen LogP contribution in [0.1, 0.15) is 38.6 Å². The van der Waals surface area contributed by atoms with Crippen molar-refractivity contribution in [3.8, 4) is 0 Å². The van der Waals surface area contributed by atoms with E-state index in [9.17, 15) is 18.3 Å². The maximum absolute atomic E-state index is 13.0. The number of aliphatic hydroxyl groups excluding tert-OH is 1. The van der Waals surface area contributed by atoms with Crippen molar-refractivity contribution in [2.45, 2.75) is 45.1 Å². The van der Waals surface area contributed by atoms with Gasteiger partial charge in [-0.05, 0) is 51.4 Å². The summed E-state index contributed by atoms with van der Waals surface area (Å²) in [7, 11) is 0. The van der Waals surface area contributed by atoms with Crippen molar-refractivity contribution in [1.82, 2.24) is 20.0 Å². The molecule has 3 N–H and O–H groups in total. The molecule has 2 aromatic rings. The van der Waals surface area contributed by atoms with E-state index in [0.29, 0.717) is 17.3 Å². The van der Waals surface area contributed by atoms with Crippen LogP contribution in [0.25, 0.3) is 5.52 Å². The summed E-state index contributed by atoms with van der Waals surface area (Å²) in [4.78, 5) is 4.30. The number of alkyl halides is 3. The highest BCUT2D eigenvalue weighted by Crippen LogP contribution is 2.41. The SMILES string of the molecule is CCNC[C@H]1C[C@@H]1C(O)NC(C)(C)c1ncc2ccc(C(F)(F)F)cn12. The van der Waals surface area contributed by atoms with Gasteiger partial charge in [-0.25, -0.2) is 4.98 Å². The highest BCUT2D eigenvalue weighted by molar-refractivity contribution is 5.48. The first-order valence-corrected chi connectivity index (χ1v) is 8.84. The molecule has 0 aromatic carbocycles. The quantitative estimate of drug-likeness (QED) is 0.656. The Labute approximate surface area is 150 Å². The van der Waals surface area contributed by atoms with Crippen molar-refractivity contribution < 1.29 is 18.3 Å². The zero-order chi connectivity index (χ0) is 19.1. The molecule has 0 bridgehead atoms. The zero-order valence-electron chi connectivity index (χ0n) is 15.1. The monoisotopic (exact) mass is 370 g/mol. The van der Waals surface area contributed by atoms with Gasteiger partial charge in [0.2, 0.25) is 0 Å². The lowest BCUT2D eigenvalue weighted by Crippen LogP contribution is -2.46. The number of hydrogen-bond donors (Lipinski definition) is 3. The second kappa shape index (κ2) is 6.83. The normalized spacial score (nSPS) is 22.0. The molecule has 1 saturated carbocycles. The van der Waals surface area contributed by atoms with Gasteiger partial charge < -0.3 is 14.8 Å². The van der Waals surface area contributed by atoms with Crippen LogP contribution < -0.4 is 10.6 Å². The molecular weight excluding hydrogens is 345 g/mol. The van der Waals surface area contributed by atoms with Crippen LogP contribution in [0.15, 0.2) is 24.5 Å². The van der Waals surface area contributed by atoms with Gasteiger partial charge in [0.25, 0.3) is 0 Å². The molecule has 0 spiro atoms. The smallest absolute Gasteiger partial charge is 0.378 e. The number of hydrogen-bond acceptors (Lipinski definition) is 4. The van der Waals surface area contributed by atoms with Gasteiger partial charge in [0, 0.05) is 12.1 Å². The molecule has 3 atom stereocenters. The molecular formula is C18H25F3N4O. The number of imidazole rings is 1. The summed E-state index contributed by atoms with van der Waals surface area (Å²) in [5, 5.41) is 16.9. The summed E-state index contributed by atoms with van der Waals surface area (Å²) in [6, 6.07) is 2.45. The van der Waals surface area contributed by atoms with E-state index < -0.39 is 23.5 Å². The summed E-state index contributed by atoms with van der Waals surface area (Å²) >= 11 is 0. The third-order valence-electron chi connectivity index (χ3n) is 4.96. The molecule has 0 radical (unpaired) electrons. The van der Waals surface area contributed by atoms with E-state index >= 15 is 0 Å². The maximum Gasteiger partial charge on any atom is 0.417 e. The van der Waals surface area contributed by atoms with Gasteiger partial charge in [-0.1, -0.05) is 6.92 Å². The summed E-state index contributed by atoms with van der Waals surface area (Å²) < 4.78 is 40.5. The molecule has 8 heteroatoms. The first-order chi connectivity index (χ1) is 12.1. The van der Waals surface area contributed by atoms with E-state index in [-0.39, 0.29) is 5.92 Å². The van der Waals surface area contributed by atoms with E-state index in [1.807, 2.05) is 20.8 Å². The fourth-order valence-corrected chi connectivity index (χ4v) is 3.38. The maximum atomic E-state index is 13.0. The molecule has 1 aliphatic carbocycles. The van der Waals surface area contributed by atoms with Gasteiger partial charge >= 0.3 is 6.18 Å². The zero-order valence-corrected chi connectivity index (χ0v) is 15.1. The first-order valence-electron chi connectivity index (χ1n) is 8.84. The fraction of sp³-hybridized carbons (Fsp3) is 0.611. The van der Waals surface area contributed by atoms with E-state index in [0.717, 1.165) is 31.8 Å². The van der Waals surface area contributed by atoms with Crippen LogP contribution in [-0.4, -0.2) is 33.8 Å². The second-order valence-electron chi connectivity index (χ2n) is 7.47. The van der Waals surface area contributed by atoms with E-state index in [1.165, 1.54) is 16.7 Å². The summed E-state index contributed by atoms with van der Waals surface area (Å²) in [5.41, 5.74) is -0.941. The summed E-state index contributed by atoms with van der Waals surface area (Å²) in [5.74, 6) is 0.994. The molecule has 1 fully saturated rings. The van der Waals surface area contributed by atoms with E-state index in [4.69, 9.17) is 0 Å². The lowest BCUT2D eigenvalue weighted by atomic mass is 10.0. The van der Waals surface area contributed by atoms with Crippen LogP contribution in [0.4, 0.5) is 13.2 Å². The number of halogens is 3. The van der Waals surface area contributed by atoms with Crippen molar-refractivity contribution in [2.75, 3.05) is 13.1 Å². The Kier molecular flexibility index (Phi) is 5.02. The van der Waals surface area contributed by atoms with Crippen molar-refractivity contribution in [1.29, 1.82) is 0 Å². The topological polar surface area (TPSA) is 61.6 Å². The number of aromatic nitrogens is 2. The van der Waals surface area contributed by atoms with Gasteiger partial charge in [0.1, 0.15) is 12.1 Å². The highest BCUT2D eigenvalue weighted by Gasteiger charge is 2.44. The molecule has 26 heavy (non-hydrogen) atoms. The number of rotatable bonds is 7. The Morgan fingerprint density at radius 1 is 1.35 bits per heavy atom. The van der Waals surface area contributed by atoms with Gasteiger partial charge in [-0.2, -0.15) is 13.2 Å². The molecule has 144 valence electrons. The number of pyridine rings is 1. The number of fused-ring (bicyclic) bond motifs is 1. The average molecular weight is 370 g/mol. The molecule has 1 aliphatic rings. The Morgan fingerprint density at radius 2 is 2.08 bits per heavy atom. The van der Waals surface area contributed by atoms with Gasteiger partial charge in [-0.3, -0.25) is 5.32 Å². The molecule has 2 aromatic heterocycles. The molecule has 1 unspecified atom stereocenters. The molecule has 2 heterocycles. The van der Waals surface area contributed by atoms with Crippen molar-refractivity contribution >= 4 is 5.52 Å². The Balaban J connectivity index is 1.78. The minimum Gasteiger partial charge on any atom is -0.378 e. The largest absolute Gasteiger partial charge is 0.417 e. The minimum absolute atomic E-state index is 0.144. The predicted molar refractivity (Wildman–Crippen MR) is 92.5 cm³/mol. The van der Waals surface area contributed by atoms with Crippen LogP contribution in [-0.2, 0) is 11.7 Å². The lowest BCUT2D eigenvalue weighted by Gasteiger charge is -2.29. The lowest BCUT2D eigenvalue weighted by molar-refractivity contribution is -0.137. The average Bonchev–Trinajstić information content (AvgIpc) is 3.19. The molecule has 0 amide bonds. The van der Waals surface area contributed by atoms with Crippen LogP contribution >= 0.6 is 0 Å². The van der Waals surface area contributed by atoms with Crippen molar-refractivity contribution in [2.24, 2.45) is 11.8 Å². The van der Waals surface area contributed by atoms with E-state index in [1.54, 1.807) is 0 Å². The first kappa shape index (κ1) is 19.1. The third-order valence-corrected chi connectivity index (χ3v) is 4.96. The second-order valence-corrected chi connectivity index (χ2v) is 7.47. The Morgan fingerprint density at radius 3 is 2.73 bits per heavy atom. The van der Waals surface area contributed by atoms with Crippen LogP contribution in [0.5, 0.6) is 0 Å². The Bertz CT molecular complexity index is 771. The molecule has 3 rings (SSSR count). The van der Waals surface area contributed by atoms with E-state index in [2.05, 4.69) is 15.6 Å².